The van der Waals surface area contributed by atoms with Crippen molar-refractivity contribution < 1.29 is 22.5 Å². The molecule has 2 aromatic carbocycles. The van der Waals surface area contributed by atoms with Crippen LogP contribution in [0.25, 0.3) is 33.4 Å². The molecule has 182 valence electrons. The van der Waals surface area contributed by atoms with Gasteiger partial charge in [-0.3, -0.25) is 4.79 Å². The molecular formula is C27H22F2N4O3. The Labute approximate surface area is 205 Å². The fourth-order valence-electron chi connectivity index (χ4n) is 5.61. The van der Waals surface area contributed by atoms with Crippen molar-refractivity contribution in [2.45, 2.75) is 50.7 Å². The van der Waals surface area contributed by atoms with E-state index in [9.17, 15) is 9.18 Å². The van der Waals surface area contributed by atoms with E-state index in [2.05, 4.69) is 5.16 Å². The van der Waals surface area contributed by atoms with Crippen molar-refractivity contribution in [3.05, 3.63) is 65.1 Å². The van der Waals surface area contributed by atoms with Crippen LogP contribution in [0.3, 0.4) is 0 Å². The number of benzene rings is 2. The van der Waals surface area contributed by atoms with Crippen molar-refractivity contribution in [3.8, 4) is 28.5 Å². The number of rotatable bonds is 3. The van der Waals surface area contributed by atoms with Crippen LogP contribution in [-0.4, -0.2) is 34.1 Å². The van der Waals surface area contributed by atoms with Crippen molar-refractivity contribution in [1.29, 1.82) is 5.26 Å². The Hall–Kier alpha value is -4.03. The molecule has 1 amide bonds. The molecule has 4 heterocycles. The third-order valence-electron chi connectivity index (χ3n) is 7.33. The van der Waals surface area contributed by atoms with E-state index in [0.29, 0.717) is 27.8 Å². The molecule has 0 aliphatic carbocycles. The first kappa shape index (κ1) is 22.4. The second kappa shape index (κ2) is 8.28. The summed E-state index contributed by atoms with van der Waals surface area (Å²) in [5.41, 5.74) is 7.67. The summed E-state index contributed by atoms with van der Waals surface area (Å²) in [5.74, 6) is -1.52. The number of fused-ring (bicyclic) bond motifs is 3. The van der Waals surface area contributed by atoms with Gasteiger partial charge in [-0.25, -0.2) is 8.78 Å². The minimum atomic E-state index is -0.722. The van der Waals surface area contributed by atoms with Gasteiger partial charge in [0.15, 0.2) is 11.3 Å². The van der Waals surface area contributed by atoms with E-state index in [0.717, 1.165) is 25.7 Å². The summed E-state index contributed by atoms with van der Waals surface area (Å²) in [7, 11) is 0. The summed E-state index contributed by atoms with van der Waals surface area (Å²) >= 11 is 0. The SMILES string of the molecule is Cc1noc2cc(-c3oc(C(=O)N4C5CCC4CC(N)C5)cc3-c3ccc(C#N)c(F)c3)c(F)cc12. The van der Waals surface area contributed by atoms with Crippen molar-refractivity contribution in [2.75, 3.05) is 0 Å². The van der Waals surface area contributed by atoms with Gasteiger partial charge in [0.1, 0.15) is 23.5 Å². The quantitative estimate of drug-likeness (QED) is 0.419. The second-order valence-electron chi connectivity index (χ2n) is 9.58. The number of aromatic nitrogens is 1. The predicted molar refractivity (Wildman–Crippen MR) is 127 cm³/mol. The molecule has 2 aromatic heterocycles. The normalized spacial score (nSPS) is 21.2. The zero-order valence-electron chi connectivity index (χ0n) is 19.4. The Morgan fingerprint density at radius 2 is 1.86 bits per heavy atom. The average molecular weight is 488 g/mol. The van der Waals surface area contributed by atoms with Gasteiger partial charge in [0.25, 0.3) is 5.91 Å². The minimum Gasteiger partial charge on any atom is -0.450 e. The maximum atomic E-state index is 15.3. The van der Waals surface area contributed by atoms with Crippen LogP contribution in [0.2, 0.25) is 0 Å². The Morgan fingerprint density at radius 1 is 1.11 bits per heavy atom. The zero-order valence-corrected chi connectivity index (χ0v) is 19.4. The number of nitrogens with two attached hydrogens (primary N) is 1. The van der Waals surface area contributed by atoms with Crippen molar-refractivity contribution >= 4 is 16.9 Å². The number of furan rings is 1. The first-order valence-corrected chi connectivity index (χ1v) is 11.8. The molecule has 2 aliphatic rings. The molecule has 2 unspecified atom stereocenters. The number of aryl methyl sites for hydroxylation is 1. The number of halogens is 2. The number of hydrogen-bond acceptors (Lipinski definition) is 6. The van der Waals surface area contributed by atoms with E-state index in [1.54, 1.807) is 19.1 Å². The van der Waals surface area contributed by atoms with Crippen LogP contribution in [0.5, 0.6) is 0 Å². The minimum absolute atomic E-state index is 0.0286. The molecule has 2 atom stereocenters. The molecule has 0 radical (unpaired) electrons. The van der Waals surface area contributed by atoms with E-state index in [-0.39, 0.29) is 46.7 Å². The lowest BCUT2D eigenvalue weighted by molar-refractivity contribution is 0.0543. The number of nitrogens with zero attached hydrogens (tertiary/aromatic N) is 3. The van der Waals surface area contributed by atoms with Gasteiger partial charge in [0.2, 0.25) is 0 Å². The summed E-state index contributed by atoms with van der Waals surface area (Å²) < 4.78 is 41.2. The maximum Gasteiger partial charge on any atom is 0.290 e. The molecule has 36 heavy (non-hydrogen) atoms. The Kier molecular flexibility index (Phi) is 5.16. The molecule has 9 heteroatoms. The van der Waals surface area contributed by atoms with E-state index in [1.165, 1.54) is 30.3 Å². The highest BCUT2D eigenvalue weighted by molar-refractivity contribution is 5.97. The summed E-state index contributed by atoms with van der Waals surface area (Å²) in [4.78, 5) is 15.4. The Balaban J connectivity index is 1.50. The molecule has 6 rings (SSSR count). The van der Waals surface area contributed by atoms with E-state index in [1.807, 2.05) is 4.90 Å². The third kappa shape index (κ3) is 3.48. The van der Waals surface area contributed by atoms with Gasteiger partial charge in [-0.1, -0.05) is 11.2 Å². The van der Waals surface area contributed by atoms with Crippen LogP contribution in [-0.2, 0) is 0 Å². The van der Waals surface area contributed by atoms with Gasteiger partial charge in [0, 0.05) is 29.1 Å². The number of carbonyl (C=O) groups is 1. The van der Waals surface area contributed by atoms with Gasteiger partial charge in [-0.05, 0) is 68.5 Å². The second-order valence-corrected chi connectivity index (χ2v) is 9.58. The predicted octanol–water partition coefficient (Wildman–Crippen LogP) is 5.31. The van der Waals surface area contributed by atoms with Crippen LogP contribution in [0.15, 0.2) is 45.3 Å². The standard InChI is InChI=1S/C27H22F2N4O3/c1-13-19-9-23(29)21(11-24(19)36-32-13)26-20(14-2-3-15(12-30)22(28)6-14)10-25(35-26)27(34)33-17-4-5-18(33)8-16(31)7-17/h2-3,6,9-11,16-18H,4-5,7-8,31H2,1H3. The fourth-order valence-corrected chi connectivity index (χ4v) is 5.61. The molecule has 4 aromatic rings. The van der Waals surface area contributed by atoms with Crippen LogP contribution in [0, 0.1) is 29.9 Å². The summed E-state index contributed by atoms with van der Waals surface area (Å²) in [6, 6.07) is 10.3. The average Bonchev–Trinajstić information content (AvgIpc) is 3.53. The number of piperidine rings is 1. The largest absolute Gasteiger partial charge is 0.450 e. The zero-order chi connectivity index (χ0) is 25.1. The first-order valence-electron chi connectivity index (χ1n) is 11.8. The molecule has 2 fully saturated rings. The summed E-state index contributed by atoms with van der Waals surface area (Å²) in [6.07, 6.45) is 3.20. The Morgan fingerprint density at radius 3 is 2.56 bits per heavy atom. The van der Waals surface area contributed by atoms with Gasteiger partial charge in [-0.2, -0.15) is 5.26 Å². The van der Waals surface area contributed by atoms with Gasteiger partial charge < -0.3 is 19.6 Å². The highest BCUT2D eigenvalue weighted by Crippen LogP contribution is 2.41. The molecule has 0 saturated carbocycles. The summed E-state index contributed by atoms with van der Waals surface area (Å²) in [5, 5.41) is 13.5. The highest BCUT2D eigenvalue weighted by Gasteiger charge is 2.43. The van der Waals surface area contributed by atoms with Gasteiger partial charge in [-0.15, -0.1) is 0 Å². The van der Waals surface area contributed by atoms with E-state index < -0.39 is 11.6 Å². The van der Waals surface area contributed by atoms with E-state index in [4.69, 9.17) is 19.9 Å². The van der Waals surface area contributed by atoms with Crippen LogP contribution in [0.4, 0.5) is 8.78 Å². The molecular weight excluding hydrogens is 466 g/mol. The topological polar surface area (TPSA) is 109 Å². The number of carbonyl (C=O) groups excluding carboxylic acids is 1. The fraction of sp³-hybridized carbons (Fsp3) is 0.296. The Bertz CT molecular complexity index is 1550. The van der Waals surface area contributed by atoms with Crippen LogP contribution < -0.4 is 5.73 Å². The number of nitriles is 1. The van der Waals surface area contributed by atoms with Crippen LogP contribution >= 0.6 is 0 Å². The molecule has 2 bridgehead atoms. The molecule has 7 nitrogen and oxygen atoms in total. The molecule has 0 spiro atoms. The smallest absolute Gasteiger partial charge is 0.290 e. The number of hydrogen-bond donors (Lipinski definition) is 1. The summed E-state index contributed by atoms with van der Waals surface area (Å²) in [6.45, 7) is 1.71. The molecule has 2 aliphatic heterocycles. The lowest BCUT2D eigenvalue weighted by Gasteiger charge is -2.37. The maximum absolute atomic E-state index is 15.3. The lowest BCUT2D eigenvalue weighted by Crippen LogP contribution is -2.50. The van der Waals surface area contributed by atoms with E-state index >= 15 is 4.39 Å². The number of amides is 1. The van der Waals surface area contributed by atoms with Gasteiger partial charge >= 0.3 is 0 Å². The highest BCUT2D eigenvalue weighted by atomic mass is 19.1. The van der Waals surface area contributed by atoms with Gasteiger partial charge in [0.05, 0.1) is 16.8 Å². The monoisotopic (exact) mass is 488 g/mol. The van der Waals surface area contributed by atoms with Crippen molar-refractivity contribution in [1.82, 2.24) is 10.1 Å². The molecule has 2 N–H and O–H groups in total. The van der Waals surface area contributed by atoms with Crippen LogP contribution in [0.1, 0.15) is 47.5 Å². The lowest BCUT2D eigenvalue weighted by atomic mass is 9.97. The third-order valence-corrected chi connectivity index (χ3v) is 7.33. The molecule has 2 saturated heterocycles. The first-order chi connectivity index (χ1) is 17.3. The van der Waals surface area contributed by atoms with Crippen molar-refractivity contribution in [3.63, 3.8) is 0 Å². The van der Waals surface area contributed by atoms with Crippen molar-refractivity contribution in [2.24, 2.45) is 5.73 Å².